The standard InChI is InChI=1S/C19H30O/c1-4-6-7-10-16(3)18(9-5-2)12-8-11-17-13-14-19(20)15-17/h5,8-9,11-12,16-17H,4,6-7,10,13-15H2,1-3H3/b9-5-,11-8+,18-12+. The lowest BCUT2D eigenvalue weighted by Gasteiger charge is -2.12. The molecule has 1 saturated carbocycles. The molecule has 20 heavy (non-hydrogen) atoms. The fraction of sp³-hybridized carbons (Fsp3) is 0.632. The number of unbranched alkanes of at least 4 members (excludes halogenated alkanes) is 2. The smallest absolute Gasteiger partial charge is 0.133 e. The van der Waals surface area contributed by atoms with Crippen LogP contribution in [0, 0.1) is 11.8 Å². The van der Waals surface area contributed by atoms with Crippen LogP contribution in [0.5, 0.6) is 0 Å². The summed E-state index contributed by atoms with van der Waals surface area (Å²) in [4.78, 5) is 11.2. The van der Waals surface area contributed by atoms with E-state index in [0.717, 1.165) is 19.3 Å². The summed E-state index contributed by atoms with van der Waals surface area (Å²) >= 11 is 0. The van der Waals surface area contributed by atoms with Gasteiger partial charge in [-0.1, -0.05) is 63.5 Å². The maximum Gasteiger partial charge on any atom is 0.133 e. The first-order valence-electron chi connectivity index (χ1n) is 8.20. The summed E-state index contributed by atoms with van der Waals surface area (Å²) in [5.41, 5.74) is 1.41. The van der Waals surface area contributed by atoms with Crippen LogP contribution in [0.3, 0.4) is 0 Å². The predicted octanol–water partition coefficient (Wildman–Crippen LogP) is 5.63. The monoisotopic (exact) mass is 274 g/mol. The minimum atomic E-state index is 0.422. The van der Waals surface area contributed by atoms with Crippen molar-refractivity contribution in [3.63, 3.8) is 0 Å². The van der Waals surface area contributed by atoms with Crippen LogP contribution in [-0.2, 0) is 4.79 Å². The first-order valence-corrected chi connectivity index (χ1v) is 8.20. The summed E-state index contributed by atoms with van der Waals surface area (Å²) in [6, 6.07) is 0. The zero-order valence-electron chi connectivity index (χ0n) is 13.4. The van der Waals surface area contributed by atoms with Gasteiger partial charge in [0.15, 0.2) is 0 Å². The third kappa shape index (κ3) is 6.36. The third-order valence-electron chi connectivity index (χ3n) is 4.12. The molecule has 0 aromatic heterocycles. The van der Waals surface area contributed by atoms with Crippen molar-refractivity contribution < 1.29 is 4.79 Å². The molecule has 0 aliphatic heterocycles. The van der Waals surface area contributed by atoms with E-state index in [4.69, 9.17) is 0 Å². The topological polar surface area (TPSA) is 17.1 Å². The van der Waals surface area contributed by atoms with Gasteiger partial charge in [0.1, 0.15) is 5.78 Å². The molecule has 2 atom stereocenters. The molecule has 0 aromatic rings. The summed E-state index contributed by atoms with van der Waals surface area (Å²) in [6.45, 7) is 6.64. The number of Topliss-reactive ketones (excluding diaryl/α,β-unsaturated/α-hetero) is 1. The van der Waals surface area contributed by atoms with E-state index < -0.39 is 0 Å². The van der Waals surface area contributed by atoms with Gasteiger partial charge in [0, 0.05) is 12.8 Å². The number of hydrogen-bond acceptors (Lipinski definition) is 1. The largest absolute Gasteiger partial charge is 0.300 e. The van der Waals surface area contributed by atoms with E-state index >= 15 is 0 Å². The van der Waals surface area contributed by atoms with Crippen LogP contribution >= 0.6 is 0 Å². The van der Waals surface area contributed by atoms with Gasteiger partial charge in [-0.2, -0.15) is 0 Å². The summed E-state index contributed by atoms with van der Waals surface area (Å²) < 4.78 is 0. The molecule has 112 valence electrons. The van der Waals surface area contributed by atoms with E-state index in [9.17, 15) is 4.79 Å². The molecular weight excluding hydrogens is 244 g/mol. The lowest BCUT2D eigenvalue weighted by atomic mass is 9.93. The number of hydrogen-bond donors (Lipinski definition) is 0. The molecule has 0 N–H and O–H groups in total. The molecule has 1 fully saturated rings. The molecule has 2 unspecified atom stereocenters. The van der Waals surface area contributed by atoms with E-state index in [1.165, 1.54) is 31.3 Å². The van der Waals surface area contributed by atoms with Gasteiger partial charge >= 0.3 is 0 Å². The molecule has 0 spiro atoms. The van der Waals surface area contributed by atoms with Crippen LogP contribution < -0.4 is 0 Å². The van der Waals surface area contributed by atoms with Crippen molar-refractivity contribution in [2.24, 2.45) is 11.8 Å². The molecule has 1 heteroatoms. The molecule has 0 bridgehead atoms. The van der Waals surface area contributed by atoms with E-state index in [1.807, 2.05) is 0 Å². The normalized spacial score (nSPS) is 22.2. The molecule has 0 radical (unpaired) electrons. The van der Waals surface area contributed by atoms with Crippen molar-refractivity contribution in [1.82, 2.24) is 0 Å². The second-order valence-electron chi connectivity index (χ2n) is 5.99. The Hall–Kier alpha value is -1.11. The number of ketones is 1. The minimum absolute atomic E-state index is 0.422. The number of rotatable bonds is 8. The summed E-state index contributed by atoms with van der Waals surface area (Å²) in [5.74, 6) is 1.51. The molecule has 0 amide bonds. The molecule has 1 aliphatic carbocycles. The fourth-order valence-electron chi connectivity index (χ4n) is 2.77. The Morgan fingerprint density at radius 1 is 1.40 bits per heavy atom. The number of carbonyl (C=O) groups excluding carboxylic acids is 1. The quantitative estimate of drug-likeness (QED) is 0.414. The molecule has 1 nitrogen and oxygen atoms in total. The Balaban J connectivity index is 2.53. The Morgan fingerprint density at radius 3 is 2.80 bits per heavy atom. The second-order valence-corrected chi connectivity index (χ2v) is 5.99. The highest BCUT2D eigenvalue weighted by Gasteiger charge is 2.18. The highest BCUT2D eigenvalue weighted by Crippen LogP contribution is 2.24. The summed E-state index contributed by atoms with van der Waals surface area (Å²) in [7, 11) is 0. The highest BCUT2D eigenvalue weighted by atomic mass is 16.1. The lowest BCUT2D eigenvalue weighted by Crippen LogP contribution is -1.97. The third-order valence-corrected chi connectivity index (χ3v) is 4.12. The Morgan fingerprint density at radius 2 is 2.20 bits per heavy atom. The van der Waals surface area contributed by atoms with Crippen molar-refractivity contribution >= 4 is 5.78 Å². The molecule has 1 aliphatic rings. The number of carbonyl (C=O) groups is 1. The van der Waals surface area contributed by atoms with E-state index in [2.05, 4.69) is 51.2 Å². The SMILES string of the molecule is C\C=C/C(=C\C=C\C1CCC(=O)C1)C(C)CCCCC. The van der Waals surface area contributed by atoms with Crippen molar-refractivity contribution in [2.45, 2.75) is 65.7 Å². The maximum atomic E-state index is 11.2. The van der Waals surface area contributed by atoms with Gasteiger partial charge in [0.05, 0.1) is 0 Å². The predicted molar refractivity (Wildman–Crippen MR) is 87.7 cm³/mol. The Labute approximate surface area is 124 Å². The Kier molecular flexibility index (Phi) is 8.25. The molecular formula is C19H30O. The van der Waals surface area contributed by atoms with E-state index in [-0.39, 0.29) is 0 Å². The Bertz CT molecular complexity index is 373. The average Bonchev–Trinajstić information content (AvgIpc) is 2.83. The fourth-order valence-corrected chi connectivity index (χ4v) is 2.77. The van der Waals surface area contributed by atoms with Crippen LogP contribution in [0.25, 0.3) is 0 Å². The van der Waals surface area contributed by atoms with Crippen LogP contribution in [-0.4, -0.2) is 5.78 Å². The van der Waals surface area contributed by atoms with Gasteiger partial charge in [-0.05, 0) is 37.2 Å². The average molecular weight is 274 g/mol. The van der Waals surface area contributed by atoms with Crippen LogP contribution in [0.2, 0.25) is 0 Å². The van der Waals surface area contributed by atoms with Crippen molar-refractivity contribution in [3.05, 3.63) is 36.0 Å². The van der Waals surface area contributed by atoms with Gasteiger partial charge in [-0.3, -0.25) is 4.79 Å². The van der Waals surface area contributed by atoms with Crippen LogP contribution in [0.1, 0.15) is 65.7 Å². The zero-order chi connectivity index (χ0) is 14.8. The second kappa shape index (κ2) is 9.74. The first-order chi connectivity index (χ1) is 9.67. The van der Waals surface area contributed by atoms with E-state index in [1.54, 1.807) is 0 Å². The minimum Gasteiger partial charge on any atom is -0.300 e. The van der Waals surface area contributed by atoms with Crippen LogP contribution in [0.15, 0.2) is 36.0 Å². The van der Waals surface area contributed by atoms with Gasteiger partial charge in [-0.25, -0.2) is 0 Å². The van der Waals surface area contributed by atoms with Crippen LogP contribution in [0.4, 0.5) is 0 Å². The number of allylic oxidation sites excluding steroid dienone is 6. The lowest BCUT2D eigenvalue weighted by molar-refractivity contribution is -0.117. The molecule has 0 aromatic carbocycles. The van der Waals surface area contributed by atoms with Crippen molar-refractivity contribution in [2.75, 3.05) is 0 Å². The summed E-state index contributed by atoms with van der Waals surface area (Å²) in [6.07, 6.45) is 18.7. The van der Waals surface area contributed by atoms with Gasteiger partial charge in [-0.15, -0.1) is 0 Å². The first kappa shape index (κ1) is 16.9. The molecule has 0 saturated heterocycles. The zero-order valence-corrected chi connectivity index (χ0v) is 13.4. The van der Waals surface area contributed by atoms with Gasteiger partial charge in [0.2, 0.25) is 0 Å². The molecule has 1 rings (SSSR count). The summed E-state index contributed by atoms with van der Waals surface area (Å²) in [5, 5.41) is 0. The van der Waals surface area contributed by atoms with Crippen molar-refractivity contribution in [3.8, 4) is 0 Å². The van der Waals surface area contributed by atoms with Crippen molar-refractivity contribution in [1.29, 1.82) is 0 Å². The van der Waals surface area contributed by atoms with Gasteiger partial charge in [0.25, 0.3) is 0 Å². The maximum absolute atomic E-state index is 11.2. The van der Waals surface area contributed by atoms with E-state index in [0.29, 0.717) is 17.6 Å². The highest BCUT2D eigenvalue weighted by molar-refractivity contribution is 5.80. The molecule has 0 heterocycles. The van der Waals surface area contributed by atoms with Gasteiger partial charge < -0.3 is 0 Å².